The van der Waals surface area contributed by atoms with E-state index in [2.05, 4.69) is 6.58 Å². The van der Waals surface area contributed by atoms with Gasteiger partial charge in [0.05, 0.1) is 6.04 Å². The number of hydrogen-bond donors (Lipinski definition) is 0. The lowest BCUT2D eigenvalue weighted by atomic mass is 9.89. The molecule has 2 rings (SSSR count). The molecule has 1 aliphatic rings. The average Bonchev–Trinajstić information content (AvgIpc) is 2.80. The maximum Gasteiger partial charge on any atom is 0.416 e. The molecule has 0 unspecified atom stereocenters. The molecular formula is C17H21NO3. The van der Waals surface area contributed by atoms with Crippen LogP contribution in [0.25, 0.3) is 0 Å². The highest BCUT2D eigenvalue weighted by atomic mass is 16.6. The summed E-state index contributed by atoms with van der Waals surface area (Å²) < 4.78 is 5.06. The van der Waals surface area contributed by atoms with Gasteiger partial charge >= 0.3 is 6.09 Å². The second kappa shape index (κ2) is 6.12. The first-order chi connectivity index (χ1) is 9.93. The predicted octanol–water partition coefficient (Wildman–Crippen LogP) is 3.18. The van der Waals surface area contributed by atoms with Crippen LogP contribution in [0.15, 0.2) is 43.0 Å². The van der Waals surface area contributed by atoms with Gasteiger partial charge in [0.2, 0.25) is 5.91 Å². The molecule has 1 heterocycles. The molecule has 0 radical (unpaired) electrons. The van der Waals surface area contributed by atoms with Crippen molar-refractivity contribution in [2.75, 3.05) is 6.61 Å². The third-order valence-corrected chi connectivity index (χ3v) is 3.70. The summed E-state index contributed by atoms with van der Waals surface area (Å²) in [6.07, 6.45) is 2.06. The molecule has 1 fully saturated rings. The summed E-state index contributed by atoms with van der Waals surface area (Å²) in [5.41, 5.74) is 0.749. The SMILES string of the molecule is C=CC(C)(C)CC(=O)N1C(=O)OC[C@@H]1Cc1ccccc1. The van der Waals surface area contributed by atoms with E-state index in [-0.39, 0.29) is 30.4 Å². The Balaban J connectivity index is 2.10. The Morgan fingerprint density at radius 2 is 2.10 bits per heavy atom. The van der Waals surface area contributed by atoms with E-state index >= 15 is 0 Å². The number of ether oxygens (including phenoxy) is 1. The lowest BCUT2D eigenvalue weighted by Crippen LogP contribution is -2.41. The Kier molecular flexibility index (Phi) is 4.46. The molecule has 112 valence electrons. The molecule has 1 atom stereocenters. The van der Waals surface area contributed by atoms with Gasteiger partial charge in [-0.15, -0.1) is 6.58 Å². The Morgan fingerprint density at radius 3 is 2.71 bits per heavy atom. The minimum Gasteiger partial charge on any atom is -0.447 e. The summed E-state index contributed by atoms with van der Waals surface area (Å²) in [6.45, 7) is 7.83. The second-order valence-electron chi connectivity index (χ2n) is 6.05. The second-order valence-corrected chi connectivity index (χ2v) is 6.05. The smallest absolute Gasteiger partial charge is 0.416 e. The van der Waals surface area contributed by atoms with E-state index < -0.39 is 6.09 Å². The number of benzene rings is 1. The molecule has 0 saturated carbocycles. The molecule has 21 heavy (non-hydrogen) atoms. The van der Waals surface area contributed by atoms with Crippen LogP contribution in [0.3, 0.4) is 0 Å². The molecule has 2 amide bonds. The number of carbonyl (C=O) groups excluding carboxylic acids is 2. The van der Waals surface area contributed by atoms with Crippen molar-refractivity contribution in [1.29, 1.82) is 0 Å². The van der Waals surface area contributed by atoms with E-state index in [4.69, 9.17) is 4.74 Å². The zero-order chi connectivity index (χ0) is 15.5. The van der Waals surface area contributed by atoms with Crippen molar-refractivity contribution >= 4 is 12.0 Å². The van der Waals surface area contributed by atoms with Crippen LogP contribution in [-0.2, 0) is 16.0 Å². The quantitative estimate of drug-likeness (QED) is 0.781. The monoisotopic (exact) mass is 287 g/mol. The van der Waals surface area contributed by atoms with E-state index in [1.165, 1.54) is 4.90 Å². The number of cyclic esters (lactones) is 1. The van der Waals surface area contributed by atoms with E-state index in [9.17, 15) is 9.59 Å². The van der Waals surface area contributed by atoms with Gasteiger partial charge in [-0.25, -0.2) is 9.69 Å². The topological polar surface area (TPSA) is 46.6 Å². The molecule has 4 nitrogen and oxygen atoms in total. The molecule has 4 heteroatoms. The minimum atomic E-state index is -0.541. The minimum absolute atomic E-state index is 0.205. The van der Waals surface area contributed by atoms with Gasteiger partial charge in [-0.05, 0) is 17.4 Å². The van der Waals surface area contributed by atoms with Crippen molar-refractivity contribution < 1.29 is 14.3 Å². The van der Waals surface area contributed by atoms with E-state index in [1.54, 1.807) is 6.08 Å². The van der Waals surface area contributed by atoms with E-state index in [1.807, 2.05) is 44.2 Å². The molecule has 0 spiro atoms. The fourth-order valence-corrected chi connectivity index (χ4v) is 2.35. The normalized spacial score (nSPS) is 18.5. The van der Waals surface area contributed by atoms with Crippen molar-refractivity contribution in [3.05, 3.63) is 48.6 Å². The van der Waals surface area contributed by atoms with Gasteiger partial charge in [0, 0.05) is 6.42 Å². The third-order valence-electron chi connectivity index (χ3n) is 3.70. The zero-order valence-corrected chi connectivity index (χ0v) is 12.5. The molecular weight excluding hydrogens is 266 g/mol. The highest BCUT2D eigenvalue weighted by Crippen LogP contribution is 2.26. The average molecular weight is 287 g/mol. The maximum absolute atomic E-state index is 12.4. The number of rotatable bonds is 5. The van der Waals surface area contributed by atoms with Gasteiger partial charge in [-0.2, -0.15) is 0 Å². The van der Waals surface area contributed by atoms with Gasteiger partial charge in [-0.1, -0.05) is 50.3 Å². The van der Waals surface area contributed by atoms with Crippen LogP contribution in [0.2, 0.25) is 0 Å². The lowest BCUT2D eigenvalue weighted by Gasteiger charge is -2.24. The number of amides is 2. The molecule has 0 aliphatic carbocycles. The molecule has 0 bridgehead atoms. The van der Waals surface area contributed by atoms with E-state index in [0.717, 1.165) is 5.56 Å². The zero-order valence-electron chi connectivity index (χ0n) is 12.5. The van der Waals surface area contributed by atoms with Crippen LogP contribution in [-0.4, -0.2) is 29.5 Å². The van der Waals surface area contributed by atoms with Crippen molar-refractivity contribution in [3.8, 4) is 0 Å². The number of carbonyl (C=O) groups is 2. The van der Waals surface area contributed by atoms with Crippen molar-refractivity contribution in [2.24, 2.45) is 5.41 Å². The first kappa shape index (κ1) is 15.3. The highest BCUT2D eigenvalue weighted by Gasteiger charge is 2.39. The number of hydrogen-bond acceptors (Lipinski definition) is 3. The Hall–Kier alpha value is -2.10. The maximum atomic E-state index is 12.4. The summed E-state index contributed by atoms with van der Waals surface area (Å²) in [6, 6.07) is 9.57. The summed E-state index contributed by atoms with van der Waals surface area (Å²) in [5.74, 6) is -0.205. The number of nitrogens with zero attached hydrogens (tertiary/aromatic N) is 1. The first-order valence-corrected chi connectivity index (χ1v) is 7.09. The van der Waals surface area contributed by atoms with Crippen LogP contribution in [0.5, 0.6) is 0 Å². The van der Waals surface area contributed by atoms with Gasteiger partial charge < -0.3 is 4.74 Å². The van der Waals surface area contributed by atoms with Gasteiger partial charge in [0.25, 0.3) is 0 Å². The predicted molar refractivity (Wildman–Crippen MR) is 80.7 cm³/mol. The molecule has 1 aliphatic heterocycles. The van der Waals surface area contributed by atoms with Crippen LogP contribution in [0.4, 0.5) is 4.79 Å². The molecule has 0 aromatic heterocycles. The standard InChI is InChI=1S/C17H21NO3/c1-4-17(2,3)11-15(19)18-14(12-21-16(18)20)10-13-8-6-5-7-9-13/h4-9,14H,1,10-12H2,2-3H3/t14-/m0/s1. The lowest BCUT2D eigenvalue weighted by molar-refractivity contribution is -0.130. The summed E-state index contributed by atoms with van der Waals surface area (Å²) in [5, 5.41) is 0. The van der Waals surface area contributed by atoms with Crippen molar-refractivity contribution in [3.63, 3.8) is 0 Å². The van der Waals surface area contributed by atoms with Gasteiger partial charge in [0.15, 0.2) is 0 Å². The molecule has 0 N–H and O–H groups in total. The Morgan fingerprint density at radius 1 is 1.43 bits per heavy atom. The highest BCUT2D eigenvalue weighted by molar-refractivity contribution is 5.94. The first-order valence-electron chi connectivity index (χ1n) is 7.09. The summed E-state index contributed by atoms with van der Waals surface area (Å²) in [7, 11) is 0. The van der Waals surface area contributed by atoms with Gasteiger partial charge in [0.1, 0.15) is 6.61 Å². The number of imide groups is 1. The largest absolute Gasteiger partial charge is 0.447 e. The van der Waals surface area contributed by atoms with Crippen molar-refractivity contribution in [2.45, 2.75) is 32.7 Å². The Labute approximate surface area is 125 Å². The van der Waals surface area contributed by atoms with E-state index in [0.29, 0.717) is 6.42 Å². The van der Waals surface area contributed by atoms with Crippen LogP contribution < -0.4 is 0 Å². The molecule has 1 saturated heterocycles. The fourth-order valence-electron chi connectivity index (χ4n) is 2.35. The Bertz CT molecular complexity index is 536. The van der Waals surface area contributed by atoms with Crippen LogP contribution in [0.1, 0.15) is 25.8 Å². The fraction of sp³-hybridized carbons (Fsp3) is 0.412. The van der Waals surface area contributed by atoms with Crippen molar-refractivity contribution in [1.82, 2.24) is 4.90 Å². The summed E-state index contributed by atoms with van der Waals surface area (Å²) in [4.78, 5) is 25.5. The molecule has 1 aromatic rings. The third kappa shape index (κ3) is 3.72. The number of allylic oxidation sites excluding steroid dienone is 1. The molecule has 1 aromatic carbocycles. The van der Waals surface area contributed by atoms with Crippen LogP contribution >= 0.6 is 0 Å². The van der Waals surface area contributed by atoms with Gasteiger partial charge in [-0.3, -0.25) is 4.79 Å². The van der Waals surface area contributed by atoms with Crippen LogP contribution in [0, 0.1) is 5.41 Å². The summed E-state index contributed by atoms with van der Waals surface area (Å²) >= 11 is 0.